The lowest BCUT2D eigenvalue weighted by Gasteiger charge is -2.25. The number of carbonyl (C=O) groups is 2. The predicted molar refractivity (Wildman–Crippen MR) is 138 cm³/mol. The lowest BCUT2D eigenvalue weighted by atomic mass is 9.95. The fourth-order valence-corrected chi connectivity index (χ4v) is 4.37. The summed E-state index contributed by atoms with van der Waals surface area (Å²) in [5.41, 5.74) is 0.838. The van der Waals surface area contributed by atoms with Gasteiger partial charge in [-0.05, 0) is 41.5 Å². The number of likely N-dealkylation sites (tertiary alicyclic amines) is 1. The minimum absolute atomic E-state index is 0.0541. The molecule has 1 amide bonds. The number of hydrogen-bond acceptors (Lipinski definition) is 7. The minimum Gasteiger partial charge on any atom is -0.507 e. The van der Waals surface area contributed by atoms with Gasteiger partial charge in [0.15, 0.2) is 0 Å². The maximum absolute atomic E-state index is 13.3. The van der Waals surface area contributed by atoms with Gasteiger partial charge in [-0.2, -0.15) is 0 Å². The normalized spacial score (nSPS) is 16.4. The molecule has 188 valence electrons. The van der Waals surface area contributed by atoms with E-state index in [-0.39, 0.29) is 23.4 Å². The molecule has 9 heteroatoms. The summed E-state index contributed by atoms with van der Waals surface area (Å²) in [6, 6.07) is 23.8. The van der Waals surface area contributed by atoms with Gasteiger partial charge in [0.05, 0.1) is 16.5 Å². The first-order valence-corrected chi connectivity index (χ1v) is 11.7. The third-order valence-electron chi connectivity index (χ3n) is 6.10. The van der Waals surface area contributed by atoms with Gasteiger partial charge in [0, 0.05) is 36.6 Å². The predicted octanol–water partition coefficient (Wildman–Crippen LogP) is 5.40. The molecule has 38 heavy (non-hydrogen) atoms. The number of ether oxygens (including phenoxy) is 1. The molecule has 1 unspecified atom stereocenters. The van der Waals surface area contributed by atoms with Crippen LogP contribution in [0.2, 0.25) is 0 Å². The summed E-state index contributed by atoms with van der Waals surface area (Å²) in [6.45, 7) is 0.0541. The van der Waals surface area contributed by atoms with Gasteiger partial charge in [-0.1, -0.05) is 48.5 Å². The van der Waals surface area contributed by atoms with Gasteiger partial charge in [-0.25, -0.2) is 0 Å². The second-order valence-corrected chi connectivity index (χ2v) is 8.58. The number of rotatable bonds is 7. The second kappa shape index (κ2) is 10.4. The Bertz CT molecular complexity index is 1550. The van der Waals surface area contributed by atoms with Crippen LogP contribution >= 0.6 is 0 Å². The van der Waals surface area contributed by atoms with Crippen molar-refractivity contribution in [3.05, 3.63) is 136 Å². The number of nitro groups is 1. The zero-order valence-corrected chi connectivity index (χ0v) is 19.9. The largest absolute Gasteiger partial charge is 0.507 e. The van der Waals surface area contributed by atoms with Gasteiger partial charge in [0.1, 0.15) is 17.3 Å². The van der Waals surface area contributed by atoms with Crippen LogP contribution in [0.5, 0.6) is 11.5 Å². The van der Waals surface area contributed by atoms with Crippen molar-refractivity contribution < 1.29 is 24.4 Å². The second-order valence-electron chi connectivity index (χ2n) is 8.58. The van der Waals surface area contributed by atoms with E-state index in [2.05, 4.69) is 4.98 Å². The number of para-hydroxylation sites is 1. The number of carbonyl (C=O) groups excluding carboxylic acids is 2. The molecule has 1 aromatic heterocycles. The molecule has 1 aliphatic rings. The number of pyridine rings is 1. The minimum atomic E-state index is -0.978. The molecule has 1 fully saturated rings. The van der Waals surface area contributed by atoms with Gasteiger partial charge in [-0.3, -0.25) is 24.7 Å². The van der Waals surface area contributed by atoms with E-state index in [9.17, 15) is 24.8 Å². The summed E-state index contributed by atoms with van der Waals surface area (Å²) in [6.07, 6.45) is 3.19. The van der Waals surface area contributed by atoms with E-state index in [4.69, 9.17) is 4.74 Å². The molecule has 2 heterocycles. The Hall–Kier alpha value is -5.31. The fraction of sp³-hybridized carbons (Fsp3) is 0.0690. The van der Waals surface area contributed by atoms with Crippen molar-refractivity contribution >= 4 is 23.1 Å². The Morgan fingerprint density at radius 2 is 1.71 bits per heavy atom. The van der Waals surface area contributed by atoms with Crippen LogP contribution in [0, 0.1) is 10.1 Å². The SMILES string of the molecule is O=C1C(=O)N(Cc2cccnc2)C(c2cccc(Oc3ccccc3)c2)/C1=C(/O)c1cccc([N+](=O)[O-])c1. The molecule has 1 N–H and O–H groups in total. The van der Waals surface area contributed by atoms with E-state index < -0.39 is 28.4 Å². The number of nitrogens with zero attached hydrogens (tertiary/aromatic N) is 3. The number of aliphatic hydroxyl groups excluding tert-OH is 1. The average Bonchev–Trinajstić information content (AvgIpc) is 3.19. The Morgan fingerprint density at radius 3 is 2.45 bits per heavy atom. The molecule has 1 saturated heterocycles. The molecule has 0 bridgehead atoms. The standard InChI is InChI=1S/C29H21N3O6/c33-27(21-9-4-10-22(15-21)32(36)37)25-26(31(29(35)28(25)34)18-19-7-6-14-30-17-19)20-8-5-13-24(16-20)38-23-11-2-1-3-12-23/h1-17,26,33H,18H2/b27-25-. The highest BCUT2D eigenvalue weighted by Crippen LogP contribution is 2.41. The summed E-state index contributed by atoms with van der Waals surface area (Å²) < 4.78 is 5.96. The molecule has 3 aromatic carbocycles. The fourth-order valence-electron chi connectivity index (χ4n) is 4.37. The molecule has 0 spiro atoms. The summed E-state index contributed by atoms with van der Waals surface area (Å²) in [4.78, 5) is 42.7. The van der Waals surface area contributed by atoms with Crippen LogP contribution in [0.25, 0.3) is 5.76 Å². The number of aromatic nitrogens is 1. The Balaban J connectivity index is 1.63. The highest BCUT2D eigenvalue weighted by atomic mass is 16.6. The van der Waals surface area contributed by atoms with Crippen LogP contribution in [0.4, 0.5) is 5.69 Å². The molecule has 0 aliphatic carbocycles. The van der Waals surface area contributed by atoms with Gasteiger partial charge in [-0.15, -0.1) is 0 Å². The van der Waals surface area contributed by atoms with Crippen molar-refractivity contribution in [1.82, 2.24) is 9.88 Å². The number of Topliss-reactive ketones (excluding diaryl/α,β-unsaturated/α-hetero) is 1. The molecular formula is C29H21N3O6. The van der Waals surface area contributed by atoms with Gasteiger partial charge < -0.3 is 14.7 Å². The quantitative estimate of drug-likeness (QED) is 0.117. The lowest BCUT2D eigenvalue weighted by Crippen LogP contribution is -2.29. The number of aliphatic hydroxyl groups is 1. The highest BCUT2D eigenvalue weighted by Gasteiger charge is 2.46. The highest BCUT2D eigenvalue weighted by molar-refractivity contribution is 6.46. The Labute approximate surface area is 217 Å². The van der Waals surface area contributed by atoms with Crippen molar-refractivity contribution in [3.63, 3.8) is 0 Å². The van der Waals surface area contributed by atoms with Crippen LogP contribution in [0.1, 0.15) is 22.7 Å². The van der Waals surface area contributed by atoms with Crippen LogP contribution in [0.15, 0.2) is 109 Å². The van der Waals surface area contributed by atoms with Crippen molar-refractivity contribution in [2.24, 2.45) is 0 Å². The van der Waals surface area contributed by atoms with Crippen molar-refractivity contribution in [2.75, 3.05) is 0 Å². The first-order chi connectivity index (χ1) is 18.4. The maximum atomic E-state index is 13.3. The third kappa shape index (κ3) is 4.85. The van der Waals surface area contributed by atoms with Crippen LogP contribution in [-0.2, 0) is 16.1 Å². The number of benzene rings is 3. The molecule has 9 nitrogen and oxygen atoms in total. The van der Waals surface area contributed by atoms with E-state index >= 15 is 0 Å². The van der Waals surface area contributed by atoms with Crippen LogP contribution < -0.4 is 4.74 Å². The zero-order valence-electron chi connectivity index (χ0n) is 19.9. The first kappa shape index (κ1) is 24.4. The van der Waals surface area contributed by atoms with Crippen molar-refractivity contribution in [3.8, 4) is 11.5 Å². The molecular weight excluding hydrogens is 486 g/mol. The Kier molecular flexibility index (Phi) is 6.65. The number of hydrogen-bond donors (Lipinski definition) is 1. The van der Waals surface area contributed by atoms with E-state index in [0.717, 1.165) is 6.07 Å². The molecule has 4 aromatic rings. The van der Waals surface area contributed by atoms with E-state index in [1.165, 1.54) is 23.1 Å². The monoisotopic (exact) mass is 507 g/mol. The van der Waals surface area contributed by atoms with Crippen molar-refractivity contribution in [2.45, 2.75) is 12.6 Å². The van der Waals surface area contributed by atoms with E-state index in [1.54, 1.807) is 60.9 Å². The lowest BCUT2D eigenvalue weighted by molar-refractivity contribution is -0.384. The zero-order chi connectivity index (χ0) is 26.6. The van der Waals surface area contributed by atoms with Gasteiger partial charge in [0.2, 0.25) is 0 Å². The number of nitro benzene ring substituents is 1. The molecule has 5 rings (SSSR count). The smallest absolute Gasteiger partial charge is 0.295 e. The molecule has 0 saturated carbocycles. The molecule has 1 atom stereocenters. The van der Waals surface area contributed by atoms with Crippen molar-refractivity contribution in [1.29, 1.82) is 0 Å². The summed E-state index contributed by atoms with van der Waals surface area (Å²) in [7, 11) is 0. The molecule has 1 aliphatic heterocycles. The Morgan fingerprint density at radius 1 is 0.947 bits per heavy atom. The summed E-state index contributed by atoms with van der Waals surface area (Å²) in [5, 5.41) is 22.5. The third-order valence-corrected chi connectivity index (χ3v) is 6.10. The number of non-ortho nitro benzene ring substituents is 1. The first-order valence-electron chi connectivity index (χ1n) is 11.7. The van der Waals surface area contributed by atoms with E-state index in [0.29, 0.717) is 22.6 Å². The van der Waals surface area contributed by atoms with Gasteiger partial charge in [0.25, 0.3) is 17.4 Å². The van der Waals surface area contributed by atoms with Crippen LogP contribution in [0.3, 0.4) is 0 Å². The number of amides is 1. The summed E-state index contributed by atoms with van der Waals surface area (Å²) in [5.74, 6) is -1.13. The topological polar surface area (TPSA) is 123 Å². The molecule has 0 radical (unpaired) electrons. The van der Waals surface area contributed by atoms with E-state index in [1.807, 2.05) is 18.2 Å². The number of ketones is 1. The average molecular weight is 508 g/mol. The maximum Gasteiger partial charge on any atom is 0.295 e. The van der Waals surface area contributed by atoms with Crippen LogP contribution in [-0.4, -0.2) is 31.6 Å². The summed E-state index contributed by atoms with van der Waals surface area (Å²) >= 11 is 0. The van der Waals surface area contributed by atoms with Gasteiger partial charge >= 0.3 is 0 Å².